The third-order valence-corrected chi connectivity index (χ3v) is 6.76. The van der Waals surface area contributed by atoms with E-state index < -0.39 is 17.7 Å². The van der Waals surface area contributed by atoms with Crippen LogP contribution < -0.4 is 4.74 Å². The van der Waals surface area contributed by atoms with Gasteiger partial charge in [0, 0.05) is 29.4 Å². The van der Waals surface area contributed by atoms with Gasteiger partial charge in [-0.15, -0.1) is 0 Å². The molecule has 1 aromatic rings. The van der Waals surface area contributed by atoms with Crippen molar-refractivity contribution >= 4 is 23.5 Å². The van der Waals surface area contributed by atoms with E-state index in [1.54, 1.807) is 13.0 Å². The van der Waals surface area contributed by atoms with E-state index in [2.05, 4.69) is 0 Å². The van der Waals surface area contributed by atoms with Crippen LogP contribution in [0.3, 0.4) is 0 Å². The second-order valence-corrected chi connectivity index (χ2v) is 9.05. The van der Waals surface area contributed by atoms with Crippen LogP contribution in [0, 0.1) is 11.7 Å². The summed E-state index contributed by atoms with van der Waals surface area (Å²) in [5.74, 6) is -0.858. The average molecular weight is 441 g/mol. The van der Waals surface area contributed by atoms with Crippen molar-refractivity contribution < 1.29 is 34.0 Å². The first kappa shape index (κ1) is 24.4. The number of carboxylic acid groups (broad SMARTS) is 1. The normalized spacial score (nSPS) is 23.6. The fourth-order valence-electron chi connectivity index (χ4n) is 3.38. The summed E-state index contributed by atoms with van der Waals surface area (Å²) in [6.07, 6.45) is 4.87. The number of allylic oxidation sites excluding steroid dienone is 1. The summed E-state index contributed by atoms with van der Waals surface area (Å²) >= 11 is 1.37. The number of carbonyl (C=O) groups excluding carboxylic acids is 1. The Morgan fingerprint density at radius 2 is 2.03 bits per heavy atom. The molecule has 30 heavy (non-hydrogen) atoms. The Morgan fingerprint density at radius 3 is 2.70 bits per heavy atom. The summed E-state index contributed by atoms with van der Waals surface area (Å²) in [6.45, 7) is 1.62. The van der Waals surface area contributed by atoms with Gasteiger partial charge in [0.05, 0.1) is 6.10 Å². The van der Waals surface area contributed by atoms with Crippen molar-refractivity contribution in [3.63, 3.8) is 0 Å². The number of rotatable bonds is 12. The van der Waals surface area contributed by atoms with Gasteiger partial charge in [-0.1, -0.05) is 12.5 Å². The number of hydrogen-bond acceptors (Lipinski definition) is 6. The molecule has 8 heteroatoms. The van der Waals surface area contributed by atoms with Crippen molar-refractivity contribution in [1.82, 2.24) is 0 Å². The highest BCUT2D eigenvalue weighted by Crippen LogP contribution is 2.37. The summed E-state index contributed by atoms with van der Waals surface area (Å²) in [4.78, 5) is 22.7. The maximum atomic E-state index is 13.0. The van der Waals surface area contributed by atoms with Gasteiger partial charge in [0.1, 0.15) is 29.6 Å². The van der Waals surface area contributed by atoms with Crippen LogP contribution >= 0.6 is 11.8 Å². The van der Waals surface area contributed by atoms with Gasteiger partial charge >= 0.3 is 5.97 Å². The van der Waals surface area contributed by atoms with E-state index in [1.807, 2.05) is 0 Å². The molecule has 1 fully saturated rings. The van der Waals surface area contributed by atoms with Crippen LogP contribution in [0.2, 0.25) is 0 Å². The Balaban J connectivity index is 1.80. The molecule has 1 saturated carbocycles. The van der Waals surface area contributed by atoms with E-state index in [0.29, 0.717) is 18.6 Å². The Morgan fingerprint density at radius 1 is 1.33 bits per heavy atom. The molecule has 0 heterocycles. The highest BCUT2D eigenvalue weighted by Gasteiger charge is 2.42. The van der Waals surface area contributed by atoms with Crippen LogP contribution in [0.5, 0.6) is 5.75 Å². The minimum absolute atomic E-state index is 0.00295. The van der Waals surface area contributed by atoms with Crippen molar-refractivity contribution in [3.8, 4) is 5.75 Å². The third-order valence-electron chi connectivity index (χ3n) is 4.95. The third kappa shape index (κ3) is 8.08. The zero-order chi connectivity index (χ0) is 22.1. The van der Waals surface area contributed by atoms with Crippen LogP contribution in [0.4, 0.5) is 4.39 Å². The summed E-state index contributed by atoms with van der Waals surface area (Å²) in [6, 6.07) is 5.53. The molecule has 0 aliphatic heterocycles. The summed E-state index contributed by atoms with van der Waals surface area (Å²) in [7, 11) is 0. The van der Waals surface area contributed by atoms with E-state index in [0.717, 1.165) is 18.9 Å². The Kier molecular flexibility index (Phi) is 9.33. The summed E-state index contributed by atoms with van der Waals surface area (Å²) < 4.78 is 18.5. The van der Waals surface area contributed by atoms with E-state index in [-0.39, 0.29) is 41.5 Å². The molecule has 2 rings (SSSR count). The second-order valence-electron chi connectivity index (χ2n) is 7.88. The minimum atomic E-state index is -1.18. The van der Waals surface area contributed by atoms with Gasteiger partial charge in [-0.2, -0.15) is 11.8 Å². The fourth-order valence-corrected chi connectivity index (χ4v) is 4.85. The number of benzene rings is 1. The predicted octanol–water partition coefficient (Wildman–Crippen LogP) is 3.21. The van der Waals surface area contributed by atoms with E-state index in [9.17, 15) is 24.2 Å². The molecule has 6 nitrogen and oxygen atoms in total. The average Bonchev–Trinajstić information content (AvgIpc) is 2.95. The number of hydrogen-bond donors (Lipinski definition) is 3. The smallest absolute Gasteiger partial charge is 0.327 e. The van der Waals surface area contributed by atoms with Crippen molar-refractivity contribution in [3.05, 3.63) is 42.2 Å². The molecule has 0 bridgehead atoms. The van der Waals surface area contributed by atoms with Crippen LogP contribution in [-0.4, -0.2) is 56.4 Å². The lowest BCUT2D eigenvalue weighted by molar-refractivity contribution is -0.131. The first-order valence-corrected chi connectivity index (χ1v) is 11.1. The monoisotopic (exact) mass is 440 g/mol. The van der Waals surface area contributed by atoms with E-state index >= 15 is 0 Å². The first-order valence-electron chi connectivity index (χ1n) is 10.0. The molecule has 1 aromatic carbocycles. The molecule has 0 radical (unpaired) electrons. The van der Waals surface area contributed by atoms with Crippen molar-refractivity contribution in [2.24, 2.45) is 5.92 Å². The largest absolute Gasteiger partial charge is 0.491 e. The lowest BCUT2D eigenvalue weighted by Crippen LogP contribution is -2.37. The van der Waals surface area contributed by atoms with E-state index in [1.165, 1.54) is 36.0 Å². The lowest BCUT2D eigenvalue weighted by atomic mass is 9.98. The Hall–Kier alpha value is -1.90. The van der Waals surface area contributed by atoms with Gasteiger partial charge < -0.3 is 20.1 Å². The topological polar surface area (TPSA) is 104 Å². The number of thioether (sulfide) groups is 1. The number of unbranched alkanes of at least 4 members (excludes halogenated alkanes) is 2. The van der Waals surface area contributed by atoms with Crippen molar-refractivity contribution in [2.75, 3.05) is 12.4 Å². The number of aliphatic hydroxyl groups is 2. The summed E-state index contributed by atoms with van der Waals surface area (Å²) in [5, 5.41) is 29.2. The number of halogens is 1. The Bertz CT molecular complexity index is 734. The number of aliphatic hydroxyl groups excluding tert-OH is 1. The Labute approximate surface area is 180 Å². The number of ether oxygens (including phenoxy) is 1. The SMILES string of the molecule is CC(O)(COc1ccc(F)cc1)CS[C@H]1C(O)CC(=O)[C@@H]1CCCCC=CC(=O)O. The summed E-state index contributed by atoms with van der Waals surface area (Å²) in [5.41, 5.74) is -1.18. The maximum absolute atomic E-state index is 13.0. The molecule has 166 valence electrons. The van der Waals surface area contributed by atoms with E-state index in [4.69, 9.17) is 9.84 Å². The van der Waals surface area contributed by atoms with Crippen molar-refractivity contribution in [1.29, 1.82) is 0 Å². The van der Waals surface area contributed by atoms with Gasteiger partial charge in [-0.3, -0.25) is 4.79 Å². The zero-order valence-corrected chi connectivity index (χ0v) is 17.8. The highest BCUT2D eigenvalue weighted by atomic mass is 32.2. The van der Waals surface area contributed by atoms with Gasteiger partial charge in [0.15, 0.2) is 0 Å². The van der Waals surface area contributed by atoms with Crippen molar-refractivity contribution in [2.45, 2.75) is 56.0 Å². The van der Waals surface area contributed by atoms with Gasteiger partial charge in [0.2, 0.25) is 0 Å². The number of carboxylic acids is 1. The molecule has 1 aliphatic carbocycles. The standard InChI is InChI=1S/C22H29FO6S/c1-22(28,13-29-16-10-8-15(23)9-11-16)14-30-21-17(18(24)12-19(21)25)6-4-2-3-5-7-20(26)27/h5,7-11,17,19,21,25,28H,2-4,6,12-14H2,1H3,(H,26,27)/t17-,19?,21+,22?/m0/s1. The fraction of sp³-hybridized carbons (Fsp3) is 0.545. The number of carbonyl (C=O) groups is 2. The molecule has 0 saturated heterocycles. The zero-order valence-electron chi connectivity index (χ0n) is 17.0. The molecule has 4 atom stereocenters. The molecule has 1 aliphatic rings. The predicted molar refractivity (Wildman–Crippen MR) is 113 cm³/mol. The molecule has 0 amide bonds. The quantitative estimate of drug-likeness (QED) is 0.339. The van der Waals surface area contributed by atoms with Crippen LogP contribution in [-0.2, 0) is 9.59 Å². The van der Waals surface area contributed by atoms with Crippen LogP contribution in [0.25, 0.3) is 0 Å². The first-order chi connectivity index (χ1) is 14.2. The van der Waals surface area contributed by atoms with Gasteiger partial charge in [-0.05, 0) is 50.5 Å². The van der Waals surface area contributed by atoms with Crippen LogP contribution in [0.1, 0.15) is 39.0 Å². The molecule has 2 unspecified atom stereocenters. The molecular weight excluding hydrogens is 411 g/mol. The molecule has 0 aromatic heterocycles. The number of ketones is 1. The highest BCUT2D eigenvalue weighted by molar-refractivity contribution is 8.00. The molecular formula is C22H29FO6S. The minimum Gasteiger partial charge on any atom is -0.491 e. The van der Waals surface area contributed by atoms with Crippen LogP contribution in [0.15, 0.2) is 36.4 Å². The lowest BCUT2D eigenvalue weighted by Gasteiger charge is -2.27. The maximum Gasteiger partial charge on any atom is 0.327 e. The molecule has 0 spiro atoms. The van der Waals surface area contributed by atoms with Gasteiger partial charge in [0.25, 0.3) is 0 Å². The van der Waals surface area contributed by atoms with Gasteiger partial charge in [-0.25, -0.2) is 9.18 Å². The molecule has 3 N–H and O–H groups in total. The number of Topliss-reactive ketones (excluding diaryl/α,β-unsaturated/α-hetero) is 1. The number of aliphatic carboxylic acids is 1. The second kappa shape index (κ2) is 11.5.